The number of nitrogens with zero attached hydrogens (tertiary/aromatic N) is 3. The van der Waals surface area contributed by atoms with E-state index in [1.54, 1.807) is 35.1 Å². The number of nitrogens with one attached hydrogen (secondary N) is 1. The summed E-state index contributed by atoms with van der Waals surface area (Å²) < 4.78 is 42.5. The molecule has 1 N–H and O–H groups in total. The minimum atomic E-state index is -1.52. The Morgan fingerprint density at radius 1 is 1.07 bits per heavy atom. The number of benzene rings is 2. The number of rotatable bonds is 4. The van der Waals surface area contributed by atoms with Crippen LogP contribution in [0.3, 0.4) is 0 Å². The minimum absolute atomic E-state index is 0.312. The molecule has 1 amide bonds. The van der Waals surface area contributed by atoms with Crippen LogP contribution in [-0.2, 0) is 0 Å². The molecule has 2 heterocycles. The van der Waals surface area contributed by atoms with Gasteiger partial charge in [0, 0.05) is 29.0 Å². The van der Waals surface area contributed by atoms with Gasteiger partial charge >= 0.3 is 0 Å². The van der Waals surface area contributed by atoms with Crippen LogP contribution in [-0.4, -0.2) is 20.7 Å². The zero-order valence-corrected chi connectivity index (χ0v) is 15.8. The Kier molecular flexibility index (Phi) is 4.89. The molecule has 0 fully saturated rings. The van der Waals surface area contributed by atoms with Gasteiger partial charge in [0.25, 0.3) is 5.91 Å². The number of carbonyl (C=O) groups excluding carboxylic acids is 1. The molecule has 0 spiro atoms. The number of hydrogen-bond donors (Lipinski definition) is 1. The SMILES string of the molecule is Cc1nn(-c2nccs2)cc1-c1ccc(NC(=O)c2c(F)ccc(F)c2F)cc1. The fourth-order valence-electron chi connectivity index (χ4n) is 2.83. The van der Waals surface area contributed by atoms with Gasteiger partial charge in [0.05, 0.1) is 5.69 Å². The van der Waals surface area contributed by atoms with Gasteiger partial charge in [0.2, 0.25) is 5.13 Å². The molecule has 29 heavy (non-hydrogen) atoms. The first-order valence-corrected chi connectivity index (χ1v) is 9.33. The highest BCUT2D eigenvalue weighted by atomic mass is 32.1. The van der Waals surface area contributed by atoms with E-state index in [9.17, 15) is 18.0 Å². The molecular weight excluding hydrogens is 401 g/mol. The largest absolute Gasteiger partial charge is 0.322 e. The molecule has 4 aromatic rings. The van der Waals surface area contributed by atoms with Crippen molar-refractivity contribution >= 4 is 22.9 Å². The lowest BCUT2D eigenvalue weighted by Gasteiger charge is -2.08. The topological polar surface area (TPSA) is 59.8 Å². The molecule has 4 rings (SSSR count). The predicted octanol–water partition coefficient (Wildman–Crippen LogP) is 4.97. The van der Waals surface area contributed by atoms with Crippen LogP contribution in [0.25, 0.3) is 16.3 Å². The summed E-state index contributed by atoms with van der Waals surface area (Å²) in [6.45, 7) is 1.87. The monoisotopic (exact) mass is 414 g/mol. The highest BCUT2D eigenvalue weighted by molar-refractivity contribution is 7.12. The van der Waals surface area contributed by atoms with Crippen molar-refractivity contribution < 1.29 is 18.0 Å². The van der Waals surface area contributed by atoms with Crippen LogP contribution in [0.1, 0.15) is 16.1 Å². The van der Waals surface area contributed by atoms with E-state index < -0.39 is 28.9 Å². The van der Waals surface area contributed by atoms with Crippen LogP contribution >= 0.6 is 11.3 Å². The molecule has 0 saturated heterocycles. The Morgan fingerprint density at radius 3 is 2.48 bits per heavy atom. The predicted molar refractivity (Wildman–Crippen MR) is 104 cm³/mol. The first kappa shape index (κ1) is 18.9. The van der Waals surface area contributed by atoms with Crippen molar-refractivity contribution in [1.82, 2.24) is 14.8 Å². The van der Waals surface area contributed by atoms with Crippen molar-refractivity contribution in [1.29, 1.82) is 0 Å². The van der Waals surface area contributed by atoms with Gasteiger partial charge in [-0.15, -0.1) is 11.3 Å². The fourth-order valence-corrected chi connectivity index (χ4v) is 3.40. The minimum Gasteiger partial charge on any atom is -0.322 e. The number of aryl methyl sites for hydroxylation is 1. The molecule has 0 atom stereocenters. The van der Waals surface area contributed by atoms with E-state index in [2.05, 4.69) is 15.4 Å². The molecule has 2 aromatic carbocycles. The lowest BCUT2D eigenvalue weighted by atomic mass is 10.1. The molecule has 0 aliphatic heterocycles. The molecule has 0 saturated carbocycles. The molecule has 0 bridgehead atoms. The number of hydrogen-bond acceptors (Lipinski definition) is 4. The van der Waals surface area contributed by atoms with E-state index in [1.807, 2.05) is 18.5 Å². The number of carbonyl (C=O) groups is 1. The van der Waals surface area contributed by atoms with Crippen LogP contribution in [0.2, 0.25) is 0 Å². The van der Waals surface area contributed by atoms with Crippen molar-refractivity contribution in [3.63, 3.8) is 0 Å². The zero-order valence-electron chi connectivity index (χ0n) is 15.0. The van der Waals surface area contributed by atoms with E-state index in [-0.39, 0.29) is 0 Å². The lowest BCUT2D eigenvalue weighted by Crippen LogP contribution is -2.16. The number of anilines is 1. The Labute approximate surface area is 167 Å². The smallest absolute Gasteiger partial charge is 0.261 e. The van der Waals surface area contributed by atoms with Gasteiger partial charge in [-0.05, 0) is 36.8 Å². The van der Waals surface area contributed by atoms with Gasteiger partial charge in [-0.1, -0.05) is 12.1 Å². The number of halogens is 3. The van der Waals surface area contributed by atoms with Gasteiger partial charge in [-0.2, -0.15) is 5.10 Å². The van der Waals surface area contributed by atoms with Crippen molar-refractivity contribution in [2.45, 2.75) is 6.92 Å². The maximum atomic E-state index is 13.8. The summed E-state index contributed by atoms with van der Waals surface area (Å²) in [6.07, 6.45) is 3.54. The molecule has 0 radical (unpaired) electrons. The average molecular weight is 414 g/mol. The third-order valence-electron chi connectivity index (χ3n) is 4.24. The maximum Gasteiger partial charge on any atom is 0.261 e. The van der Waals surface area contributed by atoms with E-state index in [1.165, 1.54) is 11.3 Å². The summed E-state index contributed by atoms with van der Waals surface area (Å²) in [4.78, 5) is 16.4. The van der Waals surface area contributed by atoms with Crippen LogP contribution in [0, 0.1) is 24.4 Å². The van der Waals surface area contributed by atoms with Gasteiger partial charge in [0.15, 0.2) is 11.6 Å². The summed E-state index contributed by atoms with van der Waals surface area (Å²) in [6, 6.07) is 7.99. The van der Waals surface area contributed by atoms with Crippen LogP contribution in [0.5, 0.6) is 0 Å². The molecule has 0 aliphatic rings. The summed E-state index contributed by atoms with van der Waals surface area (Å²) in [7, 11) is 0. The van der Waals surface area contributed by atoms with Gasteiger partial charge in [-0.3, -0.25) is 4.79 Å². The highest BCUT2D eigenvalue weighted by Gasteiger charge is 2.21. The Bertz CT molecular complexity index is 1190. The average Bonchev–Trinajstić information content (AvgIpc) is 3.35. The van der Waals surface area contributed by atoms with Gasteiger partial charge in [-0.25, -0.2) is 22.8 Å². The van der Waals surface area contributed by atoms with Gasteiger partial charge < -0.3 is 5.32 Å². The second kappa shape index (κ2) is 7.51. The van der Waals surface area contributed by atoms with E-state index in [0.29, 0.717) is 17.8 Å². The van der Waals surface area contributed by atoms with Crippen LogP contribution in [0.15, 0.2) is 54.2 Å². The van der Waals surface area contributed by atoms with Crippen LogP contribution < -0.4 is 5.32 Å². The Morgan fingerprint density at radius 2 is 1.79 bits per heavy atom. The first-order chi connectivity index (χ1) is 13.9. The number of amides is 1. The van der Waals surface area contributed by atoms with Gasteiger partial charge in [0.1, 0.15) is 11.4 Å². The molecule has 0 unspecified atom stereocenters. The molecule has 0 aliphatic carbocycles. The molecule has 9 heteroatoms. The van der Waals surface area contributed by atoms with Crippen molar-refractivity contribution in [3.8, 4) is 16.3 Å². The summed E-state index contributed by atoms with van der Waals surface area (Å²) in [5.74, 6) is -5.02. The molecule has 2 aromatic heterocycles. The molecular formula is C20H13F3N4OS. The van der Waals surface area contributed by atoms with E-state index in [0.717, 1.165) is 22.0 Å². The zero-order chi connectivity index (χ0) is 20.5. The lowest BCUT2D eigenvalue weighted by molar-refractivity contribution is 0.101. The molecule has 146 valence electrons. The second-order valence-electron chi connectivity index (χ2n) is 6.14. The van der Waals surface area contributed by atoms with E-state index >= 15 is 0 Å². The van der Waals surface area contributed by atoms with E-state index in [4.69, 9.17) is 0 Å². The third-order valence-corrected chi connectivity index (χ3v) is 5.00. The standard InChI is InChI=1S/C20H13F3N4OS/c1-11-14(10-27(26-11)20-24-8-9-29-20)12-2-4-13(5-3-12)25-19(28)17-15(21)6-7-16(22)18(17)23/h2-10H,1H3,(H,25,28). The van der Waals surface area contributed by atoms with Crippen molar-refractivity contribution in [3.05, 3.63) is 82.9 Å². The fraction of sp³-hybridized carbons (Fsp3) is 0.0500. The highest BCUT2D eigenvalue weighted by Crippen LogP contribution is 2.26. The number of aromatic nitrogens is 3. The normalized spacial score (nSPS) is 10.9. The second-order valence-corrected chi connectivity index (χ2v) is 7.01. The first-order valence-electron chi connectivity index (χ1n) is 8.45. The number of thiazole rings is 1. The summed E-state index contributed by atoms with van der Waals surface area (Å²) in [5.41, 5.74) is 1.86. The summed E-state index contributed by atoms with van der Waals surface area (Å²) >= 11 is 1.46. The Balaban J connectivity index is 1.56. The van der Waals surface area contributed by atoms with Crippen LogP contribution in [0.4, 0.5) is 18.9 Å². The Hall–Kier alpha value is -3.46. The third kappa shape index (κ3) is 3.64. The van der Waals surface area contributed by atoms with Crippen molar-refractivity contribution in [2.75, 3.05) is 5.32 Å². The molecule has 5 nitrogen and oxygen atoms in total. The summed E-state index contributed by atoms with van der Waals surface area (Å²) in [5, 5.41) is 9.41. The van der Waals surface area contributed by atoms with Crippen molar-refractivity contribution in [2.24, 2.45) is 0 Å². The quantitative estimate of drug-likeness (QED) is 0.480. The maximum absolute atomic E-state index is 13.8.